The van der Waals surface area contributed by atoms with Crippen LogP contribution >= 0.6 is 11.3 Å². The normalized spacial score (nSPS) is 10.8. The number of benzene rings is 1. The van der Waals surface area contributed by atoms with Gasteiger partial charge in [-0.3, -0.25) is 9.59 Å². The van der Waals surface area contributed by atoms with Crippen LogP contribution in [0.2, 0.25) is 0 Å². The predicted molar refractivity (Wildman–Crippen MR) is 89.9 cm³/mol. The summed E-state index contributed by atoms with van der Waals surface area (Å²) in [6.07, 6.45) is 0. The average molecular weight is 312 g/mol. The van der Waals surface area contributed by atoms with Crippen molar-refractivity contribution in [1.82, 2.24) is 4.57 Å². The summed E-state index contributed by atoms with van der Waals surface area (Å²) in [6, 6.07) is 10.9. The number of carbonyl (C=O) groups is 2. The number of anilines is 1. The Kier molecular flexibility index (Phi) is 3.81. The molecule has 0 saturated carbocycles. The van der Waals surface area contributed by atoms with Crippen molar-refractivity contribution < 1.29 is 9.59 Å². The average Bonchev–Trinajstić information content (AvgIpc) is 3.07. The van der Waals surface area contributed by atoms with Gasteiger partial charge in [0.05, 0.1) is 10.2 Å². The third-order valence-corrected chi connectivity index (χ3v) is 4.45. The molecule has 3 rings (SSSR count). The Morgan fingerprint density at radius 2 is 2.05 bits per heavy atom. The molecule has 112 valence electrons. The van der Waals surface area contributed by atoms with Crippen molar-refractivity contribution in [2.45, 2.75) is 20.4 Å². The molecule has 0 spiro atoms. The van der Waals surface area contributed by atoms with Crippen molar-refractivity contribution in [2.75, 3.05) is 5.32 Å². The standard InChI is InChI=1S/C17H16N2O2S/c1-3-19-14-7-8-22-16(14)10-15(19)17(21)18-13-6-4-5-12(9-13)11(2)20/h4-10H,3H2,1-2H3,(H,18,21). The van der Waals surface area contributed by atoms with Crippen LogP contribution in [0, 0.1) is 0 Å². The molecule has 1 amide bonds. The molecule has 0 atom stereocenters. The topological polar surface area (TPSA) is 51.1 Å². The van der Waals surface area contributed by atoms with E-state index in [1.807, 2.05) is 29.0 Å². The third kappa shape index (κ3) is 2.55. The van der Waals surface area contributed by atoms with E-state index in [9.17, 15) is 9.59 Å². The first-order valence-electron chi connectivity index (χ1n) is 7.09. The first-order chi connectivity index (χ1) is 10.6. The number of rotatable bonds is 4. The molecule has 0 aliphatic heterocycles. The lowest BCUT2D eigenvalue weighted by molar-refractivity contribution is 0.100. The highest BCUT2D eigenvalue weighted by Crippen LogP contribution is 2.26. The van der Waals surface area contributed by atoms with Crippen LogP contribution in [-0.2, 0) is 6.54 Å². The SMILES string of the molecule is CCn1c(C(=O)Nc2cccc(C(C)=O)c2)cc2sccc21. The zero-order valence-electron chi connectivity index (χ0n) is 12.4. The highest BCUT2D eigenvalue weighted by molar-refractivity contribution is 7.17. The van der Waals surface area contributed by atoms with Crippen molar-refractivity contribution in [1.29, 1.82) is 0 Å². The van der Waals surface area contributed by atoms with Gasteiger partial charge in [0.25, 0.3) is 5.91 Å². The number of nitrogens with one attached hydrogen (secondary N) is 1. The van der Waals surface area contributed by atoms with E-state index >= 15 is 0 Å². The molecule has 1 N–H and O–H groups in total. The van der Waals surface area contributed by atoms with Crippen LogP contribution in [-0.4, -0.2) is 16.3 Å². The second-order valence-electron chi connectivity index (χ2n) is 5.04. The summed E-state index contributed by atoms with van der Waals surface area (Å²) in [5, 5.41) is 4.89. The van der Waals surface area contributed by atoms with Gasteiger partial charge in [0.15, 0.2) is 5.78 Å². The van der Waals surface area contributed by atoms with Crippen LogP contribution in [0.4, 0.5) is 5.69 Å². The Morgan fingerprint density at radius 3 is 2.77 bits per heavy atom. The largest absolute Gasteiger partial charge is 0.336 e. The number of ketones is 1. The van der Waals surface area contributed by atoms with Gasteiger partial charge >= 0.3 is 0 Å². The van der Waals surface area contributed by atoms with Gasteiger partial charge in [-0.1, -0.05) is 12.1 Å². The second kappa shape index (κ2) is 5.77. The van der Waals surface area contributed by atoms with E-state index < -0.39 is 0 Å². The summed E-state index contributed by atoms with van der Waals surface area (Å²) >= 11 is 1.62. The van der Waals surface area contributed by atoms with Gasteiger partial charge in [-0.05, 0) is 43.5 Å². The van der Waals surface area contributed by atoms with Crippen LogP contribution in [0.25, 0.3) is 10.2 Å². The summed E-state index contributed by atoms with van der Waals surface area (Å²) in [5.74, 6) is -0.181. The molecule has 22 heavy (non-hydrogen) atoms. The van der Waals surface area contributed by atoms with Crippen molar-refractivity contribution in [2.24, 2.45) is 0 Å². The molecule has 0 aliphatic rings. The molecule has 3 aromatic rings. The van der Waals surface area contributed by atoms with Gasteiger partial charge in [-0.15, -0.1) is 11.3 Å². The van der Waals surface area contributed by atoms with E-state index in [1.165, 1.54) is 6.92 Å². The van der Waals surface area contributed by atoms with Gasteiger partial charge in [0, 0.05) is 17.8 Å². The molecular weight excluding hydrogens is 296 g/mol. The number of nitrogens with zero attached hydrogens (tertiary/aromatic N) is 1. The maximum absolute atomic E-state index is 12.5. The maximum Gasteiger partial charge on any atom is 0.272 e. The summed E-state index contributed by atoms with van der Waals surface area (Å²) < 4.78 is 3.10. The highest BCUT2D eigenvalue weighted by atomic mass is 32.1. The van der Waals surface area contributed by atoms with E-state index in [1.54, 1.807) is 35.6 Å². The van der Waals surface area contributed by atoms with E-state index in [2.05, 4.69) is 5.32 Å². The van der Waals surface area contributed by atoms with E-state index in [0.29, 0.717) is 16.9 Å². The Morgan fingerprint density at radius 1 is 1.23 bits per heavy atom. The maximum atomic E-state index is 12.5. The minimum Gasteiger partial charge on any atom is -0.336 e. The van der Waals surface area contributed by atoms with Crippen LogP contribution in [0.15, 0.2) is 41.8 Å². The predicted octanol–water partition coefficient (Wildman–Crippen LogP) is 4.18. The minimum absolute atomic E-state index is 0.0199. The van der Waals surface area contributed by atoms with Crippen LogP contribution in [0.3, 0.4) is 0 Å². The smallest absolute Gasteiger partial charge is 0.272 e. The molecule has 0 aliphatic carbocycles. The lowest BCUT2D eigenvalue weighted by atomic mass is 10.1. The van der Waals surface area contributed by atoms with E-state index in [0.717, 1.165) is 16.8 Å². The Labute approximate surface area is 132 Å². The molecule has 0 fully saturated rings. The molecule has 0 saturated heterocycles. The van der Waals surface area contributed by atoms with Crippen molar-refractivity contribution in [3.8, 4) is 0 Å². The van der Waals surface area contributed by atoms with Crippen molar-refractivity contribution in [3.05, 3.63) is 53.0 Å². The molecule has 0 radical (unpaired) electrons. The quantitative estimate of drug-likeness (QED) is 0.735. The number of fused-ring (bicyclic) bond motifs is 1. The zero-order chi connectivity index (χ0) is 15.7. The number of amides is 1. The summed E-state index contributed by atoms with van der Waals surface area (Å²) in [4.78, 5) is 24.0. The lowest BCUT2D eigenvalue weighted by Crippen LogP contribution is -2.16. The molecule has 4 nitrogen and oxygen atoms in total. The fourth-order valence-corrected chi connectivity index (χ4v) is 3.34. The minimum atomic E-state index is -0.161. The summed E-state index contributed by atoms with van der Waals surface area (Å²) in [6.45, 7) is 4.26. The number of aryl methyl sites for hydroxylation is 1. The van der Waals surface area contributed by atoms with Crippen molar-refractivity contribution in [3.63, 3.8) is 0 Å². The number of Topliss-reactive ketones (excluding diaryl/α,β-unsaturated/α-hetero) is 1. The van der Waals surface area contributed by atoms with Gasteiger partial charge in [-0.25, -0.2) is 0 Å². The third-order valence-electron chi connectivity index (χ3n) is 3.60. The zero-order valence-corrected chi connectivity index (χ0v) is 13.2. The summed E-state index contributed by atoms with van der Waals surface area (Å²) in [7, 11) is 0. The number of thiophene rings is 1. The van der Waals surface area contributed by atoms with Crippen molar-refractivity contribution >= 4 is 38.9 Å². The lowest BCUT2D eigenvalue weighted by Gasteiger charge is -2.09. The number of carbonyl (C=O) groups excluding carboxylic acids is 2. The Hall–Kier alpha value is -2.40. The van der Waals surface area contributed by atoms with E-state index in [4.69, 9.17) is 0 Å². The fourth-order valence-electron chi connectivity index (χ4n) is 2.52. The molecule has 0 unspecified atom stereocenters. The van der Waals surface area contributed by atoms with Gasteiger partial charge < -0.3 is 9.88 Å². The van der Waals surface area contributed by atoms with Crippen LogP contribution < -0.4 is 5.32 Å². The highest BCUT2D eigenvalue weighted by Gasteiger charge is 2.15. The van der Waals surface area contributed by atoms with Crippen LogP contribution in [0.5, 0.6) is 0 Å². The van der Waals surface area contributed by atoms with Crippen LogP contribution in [0.1, 0.15) is 34.7 Å². The molecule has 0 bridgehead atoms. The first kappa shape index (κ1) is 14.5. The second-order valence-corrected chi connectivity index (χ2v) is 5.98. The number of aromatic nitrogens is 1. The van der Waals surface area contributed by atoms with Gasteiger partial charge in [-0.2, -0.15) is 0 Å². The van der Waals surface area contributed by atoms with Gasteiger partial charge in [0.1, 0.15) is 5.69 Å². The Bertz CT molecular complexity index is 861. The fraction of sp³-hybridized carbons (Fsp3) is 0.176. The number of hydrogen-bond acceptors (Lipinski definition) is 3. The Balaban J connectivity index is 1.91. The molecular formula is C17H16N2O2S. The molecule has 1 aromatic carbocycles. The molecule has 2 heterocycles. The van der Waals surface area contributed by atoms with Gasteiger partial charge in [0.2, 0.25) is 0 Å². The summed E-state index contributed by atoms with van der Waals surface area (Å²) in [5.41, 5.74) is 2.93. The monoisotopic (exact) mass is 312 g/mol. The molecule has 2 aromatic heterocycles. The first-order valence-corrected chi connectivity index (χ1v) is 7.97. The van der Waals surface area contributed by atoms with E-state index in [-0.39, 0.29) is 11.7 Å². The number of hydrogen-bond donors (Lipinski definition) is 1. The molecule has 5 heteroatoms.